The van der Waals surface area contributed by atoms with Crippen molar-refractivity contribution in [2.75, 3.05) is 19.0 Å². The van der Waals surface area contributed by atoms with E-state index in [1.807, 2.05) is 29.2 Å². The number of nitrogens with one attached hydrogen (secondary N) is 1. The number of benzene rings is 2. The first-order valence-corrected chi connectivity index (χ1v) is 8.77. The van der Waals surface area contributed by atoms with E-state index in [9.17, 15) is 14.4 Å². The molecule has 0 spiro atoms. The molecule has 0 aromatic heterocycles. The van der Waals surface area contributed by atoms with Crippen molar-refractivity contribution in [3.8, 4) is 0 Å². The van der Waals surface area contributed by atoms with Crippen LogP contribution in [0, 0.1) is 0 Å². The van der Waals surface area contributed by atoms with Crippen molar-refractivity contribution in [2.24, 2.45) is 0 Å². The summed E-state index contributed by atoms with van der Waals surface area (Å²) >= 11 is 0. The van der Waals surface area contributed by atoms with E-state index in [1.165, 1.54) is 14.0 Å². The summed E-state index contributed by atoms with van der Waals surface area (Å²) < 4.78 is 4.93. The van der Waals surface area contributed by atoms with Gasteiger partial charge in [-0.15, -0.1) is 0 Å². The average molecular weight is 366 g/mol. The first-order valence-electron chi connectivity index (χ1n) is 8.77. The zero-order chi connectivity index (χ0) is 19.4. The molecule has 2 aromatic carbocycles. The normalized spacial score (nSPS) is 16.3. The van der Waals surface area contributed by atoms with Gasteiger partial charge in [0, 0.05) is 17.8 Å². The average Bonchev–Trinajstić information content (AvgIpc) is 2.67. The van der Waals surface area contributed by atoms with Crippen molar-refractivity contribution in [1.82, 2.24) is 4.90 Å². The molecule has 6 heteroatoms. The van der Waals surface area contributed by atoms with Crippen LogP contribution in [0.1, 0.15) is 28.4 Å². The number of carbonyl (C=O) groups is 3. The van der Waals surface area contributed by atoms with E-state index in [0.717, 1.165) is 11.1 Å². The molecule has 0 fully saturated rings. The van der Waals surface area contributed by atoms with Gasteiger partial charge in [0.15, 0.2) is 5.78 Å². The smallest absolute Gasteiger partial charge is 0.323 e. The van der Waals surface area contributed by atoms with Crippen molar-refractivity contribution < 1.29 is 19.1 Å². The number of carbonyl (C=O) groups excluding carboxylic acids is 3. The van der Waals surface area contributed by atoms with Gasteiger partial charge >= 0.3 is 5.97 Å². The van der Waals surface area contributed by atoms with Gasteiger partial charge in [-0.1, -0.05) is 24.3 Å². The molecule has 0 radical (unpaired) electrons. The van der Waals surface area contributed by atoms with Gasteiger partial charge in [-0.05, 0) is 48.7 Å². The molecule has 27 heavy (non-hydrogen) atoms. The van der Waals surface area contributed by atoms with Crippen LogP contribution in [0.5, 0.6) is 0 Å². The van der Waals surface area contributed by atoms with Crippen molar-refractivity contribution in [3.05, 3.63) is 65.2 Å². The molecule has 1 N–H and O–H groups in total. The van der Waals surface area contributed by atoms with E-state index in [1.54, 1.807) is 24.3 Å². The van der Waals surface area contributed by atoms with E-state index in [2.05, 4.69) is 5.32 Å². The van der Waals surface area contributed by atoms with Crippen LogP contribution < -0.4 is 5.32 Å². The molecule has 0 saturated heterocycles. The number of rotatable bonds is 5. The Balaban J connectivity index is 1.71. The van der Waals surface area contributed by atoms with E-state index in [0.29, 0.717) is 24.2 Å². The van der Waals surface area contributed by atoms with Crippen molar-refractivity contribution in [2.45, 2.75) is 25.9 Å². The predicted molar refractivity (Wildman–Crippen MR) is 101 cm³/mol. The minimum Gasteiger partial charge on any atom is -0.468 e. The van der Waals surface area contributed by atoms with Crippen molar-refractivity contribution in [1.29, 1.82) is 0 Å². The highest BCUT2D eigenvalue weighted by Gasteiger charge is 2.33. The molecule has 0 bridgehead atoms. The van der Waals surface area contributed by atoms with Crippen molar-refractivity contribution >= 4 is 23.3 Å². The fourth-order valence-corrected chi connectivity index (χ4v) is 3.29. The van der Waals surface area contributed by atoms with Gasteiger partial charge in [0.1, 0.15) is 6.04 Å². The number of nitrogens with zero attached hydrogens (tertiary/aromatic N) is 1. The van der Waals surface area contributed by atoms with Crippen molar-refractivity contribution in [3.63, 3.8) is 0 Å². The minimum atomic E-state index is -0.490. The van der Waals surface area contributed by atoms with Gasteiger partial charge in [0.2, 0.25) is 5.91 Å². The number of esters is 1. The number of Topliss-reactive ketones (excluding diaryl/α,β-unsaturated/α-hetero) is 1. The second kappa shape index (κ2) is 8.14. The lowest BCUT2D eigenvalue weighted by atomic mass is 9.94. The molecule has 3 rings (SSSR count). The number of ether oxygens (including phenoxy) is 1. The Labute approximate surface area is 158 Å². The van der Waals surface area contributed by atoms with Crippen LogP contribution in [0.2, 0.25) is 0 Å². The molecular weight excluding hydrogens is 344 g/mol. The third kappa shape index (κ3) is 4.41. The Kier molecular flexibility index (Phi) is 5.66. The summed E-state index contributed by atoms with van der Waals surface area (Å²) in [4.78, 5) is 37.9. The highest BCUT2D eigenvalue weighted by Crippen LogP contribution is 2.24. The summed E-state index contributed by atoms with van der Waals surface area (Å²) in [7, 11) is 1.36. The maximum atomic E-state index is 12.5. The summed E-state index contributed by atoms with van der Waals surface area (Å²) in [6.45, 7) is 2.07. The summed E-state index contributed by atoms with van der Waals surface area (Å²) in [6.07, 6.45) is 0.517. The van der Waals surface area contributed by atoms with Gasteiger partial charge in [-0.25, -0.2) is 0 Å². The third-order valence-electron chi connectivity index (χ3n) is 4.74. The minimum absolute atomic E-state index is 0.0271. The fraction of sp³-hybridized carbons (Fsp3) is 0.286. The third-order valence-corrected chi connectivity index (χ3v) is 4.74. The van der Waals surface area contributed by atoms with Gasteiger partial charge in [0.05, 0.1) is 13.7 Å². The van der Waals surface area contributed by atoms with Gasteiger partial charge in [-0.3, -0.25) is 19.3 Å². The lowest BCUT2D eigenvalue weighted by Gasteiger charge is -2.34. The second-order valence-corrected chi connectivity index (χ2v) is 6.60. The predicted octanol–water partition coefficient (Wildman–Crippen LogP) is 2.43. The molecule has 140 valence electrons. The van der Waals surface area contributed by atoms with E-state index >= 15 is 0 Å². The molecule has 1 heterocycles. The summed E-state index contributed by atoms with van der Waals surface area (Å²) in [5.74, 6) is -0.595. The lowest BCUT2D eigenvalue weighted by molar-refractivity contribution is -0.148. The Bertz CT molecular complexity index is 861. The number of methoxy groups -OCH3 is 1. The van der Waals surface area contributed by atoms with Crippen LogP contribution in [0.15, 0.2) is 48.5 Å². The molecule has 2 aromatic rings. The van der Waals surface area contributed by atoms with Crippen LogP contribution >= 0.6 is 0 Å². The fourth-order valence-electron chi connectivity index (χ4n) is 3.29. The lowest BCUT2D eigenvalue weighted by Crippen LogP contribution is -2.49. The quantitative estimate of drug-likeness (QED) is 0.650. The highest BCUT2D eigenvalue weighted by atomic mass is 16.5. The Morgan fingerprint density at radius 2 is 1.74 bits per heavy atom. The summed E-state index contributed by atoms with van der Waals surface area (Å²) in [6, 6.07) is 14.1. The molecule has 0 saturated carbocycles. The second-order valence-electron chi connectivity index (χ2n) is 6.60. The standard InChI is InChI=1S/C21H22N2O4/c1-14(24)15-7-9-18(10-8-15)22-20(25)13-23-12-17-6-4-3-5-16(17)11-19(23)21(26)27-2/h3-10,19H,11-13H2,1-2H3,(H,22,25)/t19-/m0/s1. The Morgan fingerprint density at radius 3 is 2.37 bits per heavy atom. The van der Waals surface area contributed by atoms with E-state index in [4.69, 9.17) is 4.74 Å². The summed E-state index contributed by atoms with van der Waals surface area (Å²) in [5.41, 5.74) is 3.41. The monoisotopic (exact) mass is 366 g/mol. The van der Waals surface area contributed by atoms with Crippen LogP contribution in [0.25, 0.3) is 0 Å². The number of anilines is 1. The SMILES string of the molecule is COC(=O)[C@@H]1Cc2ccccc2CN1CC(=O)Nc1ccc(C(C)=O)cc1. The first-order chi connectivity index (χ1) is 13.0. The van der Waals surface area contributed by atoms with E-state index in [-0.39, 0.29) is 24.2 Å². The number of hydrogen-bond acceptors (Lipinski definition) is 5. The van der Waals surface area contributed by atoms with Gasteiger partial charge in [0.25, 0.3) is 0 Å². The molecule has 1 amide bonds. The van der Waals surface area contributed by atoms with Crippen LogP contribution in [-0.4, -0.2) is 42.3 Å². The topological polar surface area (TPSA) is 75.7 Å². The molecular formula is C21H22N2O4. The first kappa shape index (κ1) is 18.8. The molecule has 6 nitrogen and oxygen atoms in total. The largest absolute Gasteiger partial charge is 0.468 e. The van der Waals surface area contributed by atoms with Gasteiger partial charge < -0.3 is 10.1 Å². The number of hydrogen-bond donors (Lipinski definition) is 1. The Morgan fingerprint density at radius 1 is 1.07 bits per heavy atom. The maximum Gasteiger partial charge on any atom is 0.323 e. The number of amides is 1. The van der Waals surface area contributed by atoms with E-state index < -0.39 is 6.04 Å². The Hall–Kier alpha value is -2.99. The molecule has 1 atom stereocenters. The zero-order valence-corrected chi connectivity index (χ0v) is 15.4. The highest BCUT2D eigenvalue weighted by molar-refractivity contribution is 5.96. The maximum absolute atomic E-state index is 12.5. The number of fused-ring (bicyclic) bond motifs is 1. The summed E-state index contributed by atoms with van der Waals surface area (Å²) in [5, 5.41) is 2.81. The zero-order valence-electron chi connectivity index (χ0n) is 15.4. The molecule has 1 aliphatic rings. The molecule has 1 aliphatic heterocycles. The molecule has 0 aliphatic carbocycles. The van der Waals surface area contributed by atoms with Gasteiger partial charge in [-0.2, -0.15) is 0 Å². The number of ketones is 1. The van der Waals surface area contributed by atoms with Crippen LogP contribution in [-0.2, 0) is 27.3 Å². The van der Waals surface area contributed by atoms with Crippen LogP contribution in [0.3, 0.4) is 0 Å². The van der Waals surface area contributed by atoms with Crippen LogP contribution in [0.4, 0.5) is 5.69 Å². The molecule has 0 unspecified atom stereocenters.